The first kappa shape index (κ1) is 11.5. The van der Waals surface area contributed by atoms with Crippen LogP contribution >= 0.6 is 0 Å². The van der Waals surface area contributed by atoms with Crippen molar-refractivity contribution in [3.05, 3.63) is 53.3 Å². The number of fused-ring (bicyclic) bond motifs is 1. The molecular weight excluding hydrogens is 236 g/mol. The molecule has 1 heterocycles. The Bertz CT molecular complexity index is 657. The summed E-state index contributed by atoms with van der Waals surface area (Å²) in [7, 11) is 0. The van der Waals surface area contributed by atoms with Crippen LogP contribution in [-0.2, 0) is 6.42 Å². The largest absolute Gasteiger partial charge is 0.399 e. The molecular formula is C15H14N4. The highest BCUT2D eigenvalue weighted by Crippen LogP contribution is 2.34. The van der Waals surface area contributed by atoms with E-state index in [4.69, 9.17) is 11.0 Å². The number of aryl methyl sites for hydroxylation is 1. The van der Waals surface area contributed by atoms with E-state index in [1.165, 1.54) is 11.1 Å². The lowest BCUT2D eigenvalue weighted by atomic mass is 10.1. The van der Waals surface area contributed by atoms with Crippen molar-refractivity contribution >= 4 is 11.4 Å². The van der Waals surface area contributed by atoms with Crippen LogP contribution in [-0.4, -0.2) is 4.98 Å². The van der Waals surface area contributed by atoms with Gasteiger partial charge in [0, 0.05) is 17.6 Å². The summed E-state index contributed by atoms with van der Waals surface area (Å²) in [5.74, 6) is 0. The van der Waals surface area contributed by atoms with Crippen LogP contribution in [0.3, 0.4) is 0 Å². The molecule has 4 heteroatoms. The summed E-state index contributed by atoms with van der Waals surface area (Å²) in [4.78, 5) is 3.97. The minimum absolute atomic E-state index is 0.282. The number of nitrogens with two attached hydrogens (primary N) is 1. The number of rotatable bonds is 2. The van der Waals surface area contributed by atoms with E-state index in [-0.39, 0.29) is 6.04 Å². The Morgan fingerprint density at radius 3 is 3.05 bits per heavy atom. The Balaban J connectivity index is 1.85. The van der Waals surface area contributed by atoms with Crippen molar-refractivity contribution in [2.24, 2.45) is 0 Å². The van der Waals surface area contributed by atoms with Crippen LogP contribution in [0.5, 0.6) is 0 Å². The van der Waals surface area contributed by atoms with Crippen molar-refractivity contribution < 1.29 is 0 Å². The van der Waals surface area contributed by atoms with Gasteiger partial charge in [0.2, 0.25) is 0 Å². The summed E-state index contributed by atoms with van der Waals surface area (Å²) in [6.07, 6.45) is 3.73. The van der Waals surface area contributed by atoms with Crippen molar-refractivity contribution in [3.8, 4) is 6.07 Å². The van der Waals surface area contributed by atoms with E-state index >= 15 is 0 Å². The molecule has 0 bridgehead atoms. The van der Waals surface area contributed by atoms with E-state index in [2.05, 4.69) is 22.4 Å². The number of nitrogens with one attached hydrogen (secondary N) is 1. The molecule has 19 heavy (non-hydrogen) atoms. The van der Waals surface area contributed by atoms with Crippen molar-refractivity contribution in [2.75, 3.05) is 11.1 Å². The van der Waals surface area contributed by atoms with Gasteiger partial charge in [-0.05, 0) is 48.2 Å². The molecule has 3 N–H and O–H groups in total. The van der Waals surface area contributed by atoms with Crippen LogP contribution in [0.1, 0.15) is 29.3 Å². The lowest BCUT2D eigenvalue weighted by Gasteiger charge is -2.15. The molecule has 0 amide bonds. The van der Waals surface area contributed by atoms with Gasteiger partial charge in [0.1, 0.15) is 11.8 Å². The van der Waals surface area contributed by atoms with Gasteiger partial charge in [-0.25, -0.2) is 4.98 Å². The fourth-order valence-electron chi connectivity index (χ4n) is 2.57. The second-order valence-electron chi connectivity index (χ2n) is 4.74. The molecule has 0 saturated heterocycles. The molecule has 3 rings (SSSR count). The van der Waals surface area contributed by atoms with Crippen LogP contribution in [0.4, 0.5) is 11.4 Å². The molecule has 1 aromatic carbocycles. The lowest BCUT2D eigenvalue weighted by Crippen LogP contribution is -2.07. The van der Waals surface area contributed by atoms with Crippen molar-refractivity contribution in [3.63, 3.8) is 0 Å². The molecule has 0 radical (unpaired) electrons. The Morgan fingerprint density at radius 1 is 1.32 bits per heavy atom. The maximum atomic E-state index is 8.86. The predicted octanol–water partition coefficient (Wildman–Crippen LogP) is 2.63. The smallest absolute Gasteiger partial charge is 0.142 e. The fraction of sp³-hybridized carbons (Fsp3) is 0.200. The van der Waals surface area contributed by atoms with Crippen LogP contribution in [0.2, 0.25) is 0 Å². The molecule has 1 aliphatic carbocycles. The molecule has 0 fully saturated rings. The lowest BCUT2D eigenvalue weighted by molar-refractivity contribution is 0.762. The number of pyridine rings is 1. The molecule has 0 aliphatic heterocycles. The van der Waals surface area contributed by atoms with E-state index in [0.717, 1.165) is 24.2 Å². The topological polar surface area (TPSA) is 74.7 Å². The van der Waals surface area contributed by atoms with E-state index < -0.39 is 0 Å². The average molecular weight is 250 g/mol. The zero-order chi connectivity index (χ0) is 13.2. The number of anilines is 2. The number of nitrogen functional groups attached to an aromatic ring is 1. The van der Waals surface area contributed by atoms with E-state index in [1.807, 2.05) is 18.2 Å². The predicted molar refractivity (Wildman–Crippen MR) is 74.5 cm³/mol. The highest BCUT2D eigenvalue weighted by Gasteiger charge is 2.22. The van der Waals surface area contributed by atoms with Crippen molar-refractivity contribution in [1.29, 1.82) is 5.26 Å². The van der Waals surface area contributed by atoms with E-state index in [0.29, 0.717) is 5.69 Å². The summed E-state index contributed by atoms with van der Waals surface area (Å²) in [5, 5.41) is 12.3. The number of nitriles is 1. The number of nitrogens with zero attached hydrogens (tertiary/aromatic N) is 2. The third kappa shape index (κ3) is 2.23. The van der Waals surface area contributed by atoms with E-state index in [9.17, 15) is 0 Å². The Kier molecular flexibility index (Phi) is 2.81. The zero-order valence-electron chi connectivity index (χ0n) is 10.4. The average Bonchev–Trinajstić information content (AvgIpc) is 2.81. The molecule has 1 unspecified atom stereocenters. The Morgan fingerprint density at radius 2 is 2.21 bits per heavy atom. The summed E-state index contributed by atoms with van der Waals surface area (Å²) >= 11 is 0. The second kappa shape index (κ2) is 4.62. The molecule has 1 aromatic heterocycles. The molecule has 1 atom stereocenters. The van der Waals surface area contributed by atoms with E-state index in [1.54, 1.807) is 12.3 Å². The van der Waals surface area contributed by atoms with Gasteiger partial charge in [0.05, 0.1) is 6.04 Å². The minimum atomic E-state index is 0.282. The maximum absolute atomic E-state index is 8.86. The van der Waals surface area contributed by atoms with Crippen LogP contribution in [0.25, 0.3) is 0 Å². The molecule has 2 aromatic rings. The first-order chi connectivity index (χ1) is 9.26. The summed E-state index contributed by atoms with van der Waals surface area (Å²) in [6, 6.07) is 12.1. The molecule has 1 aliphatic rings. The Hall–Kier alpha value is -2.54. The fourth-order valence-corrected chi connectivity index (χ4v) is 2.57. The summed E-state index contributed by atoms with van der Waals surface area (Å²) in [6.45, 7) is 0. The first-order valence-electron chi connectivity index (χ1n) is 6.27. The molecule has 0 spiro atoms. The highest BCUT2D eigenvalue weighted by molar-refractivity contribution is 5.53. The van der Waals surface area contributed by atoms with Gasteiger partial charge in [-0.15, -0.1) is 0 Å². The van der Waals surface area contributed by atoms with Crippen LogP contribution in [0.15, 0.2) is 36.5 Å². The van der Waals surface area contributed by atoms with Gasteiger partial charge in [-0.2, -0.15) is 5.26 Å². The van der Waals surface area contributed by atoms with Gasteiger partial charge < -0.3 is 11.1 Å². The third-order valence-electron chi connectivity index (χ3n) is 3.46. The highest BCUT2D eigenvalue weighted by atomic mass is 14.9. The number of hydrogen-bond donors (Lipinski definition) is 2. The molecule has 0 saturated carbocycles. The standard InChI is InChI=1S/C15H14N4/c16-9-13-8-12(5-6-18-13)19-15-4-1-10-7-11(17)2-3-14(10)15/h2-3,5-8,15H,1,4,17H2,(H,18,19). The maximum Gasteiger partial charge on any atom is 0.142 e. The monoisotopic (exact) mass is 250 g/mol. The van der Waals surface area contributed by atoms with Gasteiger partial charge in [-0.3, -0.25) is 0 Å². The third-order valence-corrected chi connectivity index (χ3v) is 3.46. The molecule has 4 nitrogen and oxygen atoms in total. The van der Waals surface area contributed by atoms with Gasteiger partial charge in [-0.1, -0.05) is 6.07 Å². The van der Waals surface area contributed by atoms with Gasteiger partial charge >= 0.3 is 0 Å². The van der Waals surface area contributed by atoms with Gasteiger partial charge in [0.15, 0.2) is 0 Å². The van der Waals surface area contributed by atoms with Crippen molar-refractivity contribution in [1.82, 2.24) is 4.98 Å². The number of hydrogen-bond acceptors (Lipinski definition) is 4. The Labute approximate surface area is 111 Å². The van der Waals surface area contributed by atoms with Crippen molar-refractivity contribution in [2.45, 2.75) is 18.9 Å². The SMILES string of the molecule is N#Cc1cc(NC2CCc3cc(N)ccc32)ccn1. The second-order valence-corrected chi connectivity index (χ2v) is 4.74. The van der Waals surface area contributed by atoms with Crippen LogP contribution < -0.4 is 11.1 Å². The van der Waals surface area contributed by atoms with Crippen LogP contribution in [0, 0.1) is 11.3 Å². The first-order valence-corrected chi connectivity index (χ1v) is 6.27. The number of benzene rings is 1. The zero-order valence-corrected chi connectivity index (χ0v) is 10.4. The summed E-state index contributed by atoms with van der Waals surface area (Å²) in [5.41, 5.74) is 10.6. The normalized spacial score (nSPS) is 16.7. The summed E-state index contributed by atoms with van der Waals surface area (Å²) < 4.78 is 0. The quantitative estimate of drug-likeness (QED) is 0.803. The molecule has 94 valence electrons. The number of aromatic nitrogens is 1. The van der Waals surface area contributed by atoms with Gasteiger partial charge in [0.25, 0.3) is 0 Å². The minimum Gasteiger partial charge on any atom is -0.399 e.